The summed E-state index contributed by atoms with van der Waals surface area (Å²) in [5.41, 5.74) is 4.81. The first-order chi connectivity index (χ1) is 17.5. The summed E-state index contributed by atoms with van der Waals surface area (Å²) in [6.07, 6.45) is 9.77. The van der Waals surface area contributed by atoms with E-state index in [-0.39, 0.29) is 30.5 Å². The van der Waals surface area contributed by atoms with Crippen LogP contribution < -0.4 is 10.6 Å². The summed E-state index contributed by atoms with van der Waals surface area (Å²) in [7, 11) is 0. The van der Waals surface area contributed by atoms with Crippen LogP contribution in [0.2, 0.25) is 0 Å². The molecular weight excluding hydrogens is 454 g/mol. The number of aliphatic hydroxyl groups excluding tert-OH is 1. The van der Waals surface area contributed by atoms with Crippen LogP contribution >= 0.6 is 0 Å². The Morgan fingerprint density at radius 2 is 1.81 bits per heavy atom. The normalized spacial score (nSPS) is 19.6. The van der Waals surface area contributed by atoms with Crippen molar-refractivity contribution in [1.29, 1.82) is 0 Å². The number of H-pyrrole nitrogens is 1. The molecule has 1 saturated heterocycles. The largest absolute Gasteiger partial charge is 0.396 e. The predicted molar refractivity (Wildman–Crippen MR) is 142 cm³/mol. The molecule has 2 fully saturated rings. The summed E-state index contributed by atoms with van der Waals surface area (Å²) >= 11 is 0. The molecule has 1 aliphatic heterocycles. The van der Waals surface area contributed by atoms with Crippen LogP contribution in [0.4, 0.5) is 10.5 Å². The smallest absolute Gasteiger partial charge is 0.318 e. The zero-order chi connectivity index (χ0) is 25.5. The van der Waals surface area contributed by atoms with Gasteiger partial charge in [0.1, 0.15) is 6.04 Å². The molecule has 2 aromatic rings. The summed E-state index contributed by atoms with van der Waals surface area (Å²) in [6.45, 7) is 4.81. The highest BCUT2D eigenvalue weighted by atomic mass is 16.3. The number of amides is 3. The van der Waals surface area contributed by atoms with Crippen LogP contribution in [-0.2, 0) is 4.79 Å². The lowest BCUT2D eigenvalue weighted by Crippen LogP contribution is -2.56. The van der Waals surface area contributed by atoms with Gasteiger partial charge in [-0.1, -0.05) is 31.4 Å². The molecular formula is C28H41N5O3. The van der Waals surface area contributed by atoms with Gasteiger partial charge in [-0.15, -0.1) is 0 Å². The van der Waals surface area contributed by atoms with E-state index in [4.69, 9.17) is 0 Å². The van der Waals surface area contributed by atoms with Gasteiger partial charge in [-0.2, -0.15) is 5.10 Å². The number of rotatable bonds is 8. The van der Waals surface area contributed by atoms with Crippen LogP contribution in [0.3, 0.4) is 0 Å². The molecule has 3 amide bonds. The molecule has 4 N–H and O–H groups in total. The van der Waals surface area contributed by atoms with Gasteiger partial charge in [-0.3, -0.25) is 9.89 Å². The molecule has 2 aliphatic rings. The number of anilines is 1. The van der Waals surface area contributed by atoms with Crippen molar-refractivity contribution in [1.82, 2.24) is 20.4 Å². The molecule has 1 saturated carbocycles. The number of aromatic nitrogens is 2. The van der Waals surface area contributed by atoms with E-state index < -0.39 is 6.04 Å². The zero-order valence-corrected chi connectivity index (χ0v) is 21.7. The Hall–Kier alpha value is -2.87. The fraction of sp³-hybridized carbons (Fsp3) is 0.607. The van der Waals surface area contributed by atoms with Crippen molar-refractivity contribution in [3.63, 3.8) is 0 Å². The first-order valence-corrected chi connectivity index (χ1v) is 13.6. The van der Waals surface area contributed by atoms with E-state index in [0.717, 1.165) is 79.6 Å². The monoisotopic (exact) mass is 495 g/mol. The number of urea groups is 1. The van der Waals surface area contributed by atoms with Gasteiger partial charge in [0.2, 0.25) is 5.91 Å². The minimum atomic E-state index is -0.559. The van der Waals surface area contributed by atoms with Crippen molar-refractivity contribution >= 4 is 17.6 Å². The number of piperidine rings is 1. The Labute approximate surface area is 214 Å². The fourth-order valence-corrected chi connectivity index (χ4v) is 5.89. The first kappa shape index (κ1) is 26.2. The minimum absolute atomic E-state index is 0.128. The number of likely N-dealkylation sites (tertiary alicyclic amines) is 1. The Morgan fingerprint density at radius 1 is 1.08 bits per heavy atom. The SMILES string of the molecule is Cc1n[nH]c(C)c1-c1ccc(NC(=O)[C@@H](NC(=O)N2CCCCC2CCCO)C2CCCCC2)cc1. The van der Waals surface area contributed by atoms with Crippen molar-refractivity contribution in [3.8, 4) is 11.1 Å². The number of aromatic amines is 1. The lowest BCUT2D eigenvalue weighted by atomic mass is 9.83. The van der Waals surface area contributed by atoms with Crippen molar-refractivity contribution in [2.24, 2.45) is 5.92 Å². The number of aryl methyl sites for hydroxylation is 2. The first-order valence-electron chi connectivity index (χ1n) is 13.6. The van der Waals surface area contributed by atoms with Gasteiger partial charge in [0.15, 0.2) is 0 Å². The van der Waals surface area contributed by atoms with Gasteiger partial charge in [-0.05, 0) is 82.4 Å². The maximum atomic E-state index is 13.5. The molecule has 2 atom stereocenters. The number of hydrogen-bond donors (Lipinski definition) is 4. The molecule has 0 spiro atoms. The van der Waals surface area contributed by atoms with E-state index in [1.807, 2.05) is 43.0 Å². The molecule has 0 radical (unpaired) electrons. The highest BCUT2D eigenvalue weighted by molar-refractivity contribution is 5.97. The molecule has 4 rings (SSSR count). The summed E-state index contributed by atoms with van der Waals surface area (Å²) in [6, 6.07) is 7.23. The van der Waals surface area contributed by atoms with Crippen LogP contribution in [0.5, 0.6) is 0 Å². The molecule has 8 nitrogen and oxygen atoms in total. The zero-order valence-electron chi connectivity index (χ0n) is 21.7. The minimum Gasteiger partial charge on any atom is -0.396 e. The molecule has 8 heteroatoms. The van der Waals surface area contributed by atoms with E-state index in [1.165, 1.54) is 6.42 Å². The molecule has 36 heavy (non-hydrogen) atoms. The van der Waals surface area contributed by atoms with Crippen molar-refractivity contribution in [3.05, 3.63) is 35.7 Å². The molecule has 1 unspecified atom stereocenters. The maximum Gasteiger partial charge on any atom is 0.318 e. The molecule has 2 heterocycles. The Bertz CT molecular complexity index is 993. The second kappa shape index (κ2) is 12.4. The summed E-state index contributed by atoms with van der Waals surface area (Å²) in [5, 5.41) is 22.8. The predicted octanol–water partition coefficient (Wildman–Crippen LogP) is 4.92. The van der Waals surface area contributed by atoms with E-state index in [2.05, 4.69) is 20.8 Å². The average molecular weight is 496 g/mol. The highest BCUT2D eigenvalue weighted by Crippen LogP contribution is 2.29. The number of benzene rings is 1. The van der Waals surface area contributed by atoms with Crippen molar-refractivity contribution < 1.29 is 14.7 Å². The quantitative estimate of drug-likeness (QED) is 0.417. The van der Waals surface area contributed by atoms with Crippen LogP contribution in [0.15, 0.2) is 24.3 Å². The third-order valence-electron chi connectivity index (χ3n) is 7.84. The second-order valence-electron chi connectivity index (χ2n) is 10.4. The number of nitrogens with zero attached hydrogens (tertiary/aromatic N) is 2. The standard InChI is InChI=1S/C28H41N5O3/c1-19-25(20(2)32-31-19)21-13-15-23(16-14-21)29-27(35)26(22-9-4-3-5-10-22)30-28(36)33-17-7-6-11-24(33)12-8-18-34/h13-16,22,24,26,34H,3-12,17-18H2,1-2H3,(H,29,35)(H,30,36)(H,31,32)/t24?,26-/m0/s1. The number of nitrogens with one attached hydrogen (secondary N) is 3. The second-order valence-corrected chi connectivity index (χ2v) is 10.4. The van der Waals surface area contributed by atoms with Gasteiger partial charge in [-0.25, -0.2) is 4.79 Å². The third kappa shape index (κ3) is 6.27. The van der Waals surface area contributed by atoms with Gasteiger partial charge in [0.05, 0.1) is 5.69 Å². The fourth-order valence-electron chi connectivity index (χ4n) is 5.89. The highest BCUT2D eigenvalue weighted by Gasteiger charge is 2.34. The number of aliphatic hydroxyl groups is 1. The number of hydrogen-bond acceptors (Lipinski definition) is 4. The molecule has 1 aromatic carbocycles. The van der Waals surface area contributed by atoms with Crippen LogP contribution in [0.1, 0.15) is 75.6 Å². The van der Waals surface area contributed by atoms with Crippen LogP contribution in [0.25, 0.3) is 11.1 Å². The van der Waals surface area contributed by atoms with E-state index in [0.29, 0.717) is 13.0 Å². The van der Waals surface area contributed by atoms with Gasteiger partial charge < -0.3 is 20.6 Å². The van der Waals surface area contributed by atoms with Crippen LogP contribution in [0, 0.1) is 19.8 Å². The van der Waals surface area contributed by atoms with E-state index >= 15 is 0 Å². The van der Waals surface area contributed by atoms with Crippen molar-refractivity contribution in [2.45, 2.75) is 90.1 Å². The molecule has 0 bridgehead atoms. The maximum absolute atomic E-state index is 13.5. The average Bonchev–Trinajstić information content (AvgIpc) is 3.24. The van der Waals surface area contributed by atoms with Gasteiger partial charge >= 0.3 is 6.03 Å². The number of carbonyl (C=O) groups is 2. The summed E-state index contributed by atoms with van der Waals surface area (Å²) in [4.78, 5) is 28.8. The lowest BCUT2D eigenvalue weighted by molar-refractivity contribution is -0.119. The van der Waals surface area contributed by atoms with Gasteiger partial charge in [0.25, 0.3) is 0 Å². The Morgan fingerprint density at radius 3 is 2.47 bits per heavy atom. The molecule has 1 aliphatic carbocycles. The molecule has 196 valence electrons. The van der Waals surface area contributed by atoms with E-state index in [1.54, 1.807) is 0 Å². The van der Waals surface area contributed by atoms with Gasteiger partial charge in [0, 0.05) is 36.1 Å². The number of carbonyl (C=O) groups excluding carboxylic acids is 2. The summed E-state index contributed by atoms with van der Waals surface area (Å²) in [5.74, 6) is -0.0125. The third-order valence-corrected chi connectivity index (χ3v) is 7.84. The lowest BCUT2D eigenvalue weighted by Gasteiger charge is -2.38. The topological polar surface area (TPSA) is 110 Å². The van der Waals surface area contributed by atoms with Crippen molar-refractivity contribution in [2.75, 3.05) is 18.5 Å². The summed E-state index contributed by atoms with van der Waals surface area (Å²) < 4.78 is 0. The Balaban J connectivity index is 1.46. The molecule has 1 aromatic heterocycles. The Kier molecular flexibility index (Phi) is 9.02. The van der Waals surface area contributed by atoms with E-state index in [9.17, 15) is 14.7 Å². The van der Waals surface area contributed by atoms with Crippen LogP contribution in [-0.4, -0.2) is 57.4 Å².